The summed E-state index contributed by atoms with van der Waals surface area (Å²) >= 11 is 0. The SMILES string of the molecule is O=C(C[C@@H]1C[C@@H]2CC[C@@H]1C2)N(Cc1nccn1C(F)F)C1CC1. The van der Waals surface area contributed by atoms with Gasteiger partial charge in [-0.3, -0.25) is 9.36 Å². The Bertz CT molecular complexity index is 584. The number of imidazole rings is 1. The van der Waals surface area contributed by atoms with Crippen LogP contribution < -0.4 is 0 Å². The molecule has 1 aromatic rings. The maximum absolute atomic E-state index is 13.0. The Hall–Kier alpha value is -1.46. The van der Waals surface area contributed by atoms with Crippen LogP contribution in [0, 0.1) is 17.8 Å². The van der Waals surface area contributed by atoms with Gasteiger partial charge in [-0.15, -0.1) is 0 Å². The third kappa shape index (κ3) is 3.00. The molecule has 23 heavy (non-hydrogen) atoms. The van der Waals surface area contributed by atoms with Gasteiger partial charge < -0.3 is 4.90 Å². The van der Waals surface area contributed by atoms with E-state index < -0.39 is 6.55 Å². The normalized spacial score (nSPS) is 29.4. The fourth-order valence-electron chi connectivity index (χ4n) is 4.57. The van der Waals surface area contributed by atoms with Crippen LogP contribution in [-0.2, 0) is 11.3 Å². The van der Waals surface area contributed by atoms with Crippen LogP contribution in [0.2, 0.25) is 0 Å². The molecule has 0 N–H and O–H groups in total. The number of nitrogens with zero attached hydrogens (tertiary/aromatic N) is 3. The third-order valence-corrected chi connectivity index (χ3v) is 5.90. The number of carbonyl (C=O) groups excluding carboxylic acids is 1. The summed E-state index contributed by atoms with van der Waals surface area (Å²) < 4.78 is 26.8. The Morgan fingerprint density at radius 3 is 2.74 bits per heavy atom. The van der Waals surface area contributed by atoms with Crippen molar-refractivity contribution in [3.63, 3.8) is 0 Å². The highest BCUT2D eigenvalue weighted by atomic mass is 19.3. The maximum Gasteiger partial charge on any atom is 0.319 e. The first-order valence-electron chi connectivity index (χ1n) is 8.71. The fourth-order valence-corrected chi connectivity index (χ4v) is 4.57. The molecule has 0 saturated heterocycles. The molecule has 3 saturated carbocycles. The number of carbonyl (C=O) groups is 1. The summed E-state index contributed by atoms with van der Waals surface area (Å²) in [7, 11) is 0. The lowest BCUT2D eigenvalue weighted by Crippen LogP contribution is -2.35. The Kier molecular flexibility index (Phi) is 3.85. The van der Waals surface area contributed by atoms with Crippen molar-refractivity contribution in [2.24, 2.45) is 17.8 Å². The van der Waals surface area contributed by atoms with Crippen LogP contribution in [0.4, 0.5) is 8.78 Å². The molecule has 2 bridgehead atoms. The van der Waals surface area contributed by atoms with E-state index in [-0.39, 0.29) is 24.3 Å². The fraction of sp³-hybridized carbons (Fsp3) is 0.765. The molecule has 1 amide bonds. The van der Waals surface area contributed by atoms with Crippen LogP contribution in [0.3, 0.4) is 0 Å². The molecule has 0 aromatic carbocycles. The van der Waals surface area contributed by atoms with E-state index >= 15 is 0 Å². The summed E-state index contributed by atoms with van der Waals surface area (Å²) in [6.07, 6.45) is 10.3. The summed E-state index contributed by atoms with van der Waals surface area (Å²) in [5, 5.41) is 0. The molecular formula is C17H23F2N3O. The summed E-state index contributed by atoms with van der Waals surface area (Å²) in [5.41, 5.74) is 0. The largest absolute Gasteiger partial charge is 0.332 e. The minimum atomic E-state index is -2.60. The number of rotatable bonds is 6. The van der Waals surface area contributed by atoms with Gasteiger partial charge in [0.15, 0.2) is 0 Å². The van der Waals surface area contributed by atoms with E-state index in [1.165, 1.54) is 38.1 Å². The second kappa shape index (κ2) is 5.87. The second-order valence-electron chi connectivity index (χ2n) is 7.42. The lowest BCUT2D eigenvalue weighted by Gasteiger charge is -2.27. The quantitative estimate of drug-likeness (QED) is 0.802. The molecular weight excluding hydrogens is 300 g/mol. The van der Waals surface area contributed by atoms with Crippen molar-refractivity contribution in [3.8, 4) is 0 Å². The summed E-state index contributed by atoms with van der Waals surface area (Å²) in [6, 6.07) is 0.226. The number of aromatic nitrogens is 2. The van der Waals surface area contributed by atoms with E-state index in [1.54, 1.807) is 4.90 Å². The van der Waals surface area contributed by atoms with E-state index in [0.29, 0.717) is 18.3 Å². The average molecular weight is 323 g/mol. The molecule has 3 aliphatic rings. The zero-order chi connectivity index (χ0) is 16.0. The standard InChI is InChI=1S/C17H23F2N3O/c18-17(19)21-6-5-20-15(21)10-22(14-3-4-14)16(23)9-13-8-11-1-2-12(13)7-11/h5-6,11-14,17H,1-4,7-10H2/t11-,12-,13+/m1/s1. The zero-order valence-electron chi connectivity index (χ0n) is 13.2. The molecule has 3 fully saturated rings. The van der Waals surface area contributed by atoms with Crippen molar-refractivity contribution in [1.82, 2.24) is 14.5 Å². The molecule has 4 rings (SSSR count). The van der Waals surface area contributed by atoms with Crippen molar-refractivity contribution >= 4 is 5.91 Å². The summed E-state index contributed by atoms with van der Waals surface area (Å²) in [5.74, 6) is 2.47. The molecule has 6 heteroatoms. The average Bonchev–Trinajstić information content (AvgIpc) is 2.95. The van der Waals surface area contributed by atoms with Crippen LogP contribution in [0.15, 0.2) is 12.4 Å². The molecule has 0 radical (unpaired) electrons. The number of fused-ring (bicyclic) bond motifs is 2. The van der Waals surface area contributed by atoms with Crippen LogP contribution in [0.25, 0.3) is 0 Å². The first-order valence-corrected chi connectivity index (χ1v) is 8.71. The van der Waals surface area contributed by atoms with E-state index in [4.69, 9.17) is 0 Å². The minimum absolute atomic E-state index is 0.133. The first kappa shape index (κ1) is 15.1. The topological polar surface area (TPSA) is 38.1 Å². The maximum atomic E-state index is 13.0. The zero-order valence-corrected chi connectivity index (χ0v) is 13.2. The van der Waals surface area contributed by atoms with Gasteiger partial charge in [0.2, 0.25) is 5.91 Å². The summed E-state index contributed by atoms with van der Waals surface area (Å²) in [6.45, 7) is -2.39. The molecule has 4 nitrogen and oxygen atoms in total. The Balaban J connectivity index is 1.43. The minimum Gasteiger partial charge on any atom is -0.332 e. The van der Waals surface area contributed by atoms with Crippen molar-refractivity contribution in [1.29, 1.82) is 0 Å². The third-order valence-electron chi connectivity index (χ3n) is 5.90. The number of hydrogen-bond acceptors (Lipinski definition) is 2. The molecule has 0 unspecified atom stereocenters. The van der Waals surface area contributed by atoms with Gasteiger partial charge in [0.25, 0.3) is 0 Å². The molecule has 126 valence electrons. The number of hydrogen-bond donors (Lipinski definition) is 0. The van der Waals surface area contributed by atoms with Crippen LogP contribution in [0.1, 0.15) is 57.3 Å². The van der Waals surface area contributed by atoms with Gasteiger partial charge in [-0.25, -0.2) is 4.98 Å². The molecule has 3 aliphatic carbocycles. The second-order valence-corrected chi connectivity index (χ2v) is 7.42. The van der Waals surface area contributed by atoms with Gasteiger partial charge in [-0.1, -0.05) is 6.42 Å². The molecule has 0 aliphatic heterocycles. The van der Waals surface area contributed by atoms with Gasteiger partial charge >= 0.3 is 6.55 Å². The Morgan fingerprint density at radius 2 is 2.13 bits per heavy atom. The highest BCUT2D eigenvalue weighted by Crippen LogP contribution is 2.49. The van der Waals surface area contributed by atoms with Crippen LogP contribution in [-0.4, -0.2) is 26.4 Å². The Morgan fingerprint density at radius 1 is 1.30 bits per heavy atom. The predicted molar refractivity (Wildman–Crippen MR) is 80.6 cm³/mol. The van der Waals surface area contributed by atoms with Gasteiger partial charge in [0.1, 0.15) is 5.82 Å². The first-order chi connectivity index (χ1) is 11.1. The Labute approximate surface area is 134 Å². The lowest BCUT2D eigenvalue weighted by atomic mass is 9.86. The van der Waals surface area contributed by atoms with Crippen LogP contribution >= 0.6 is 0 Å². The number of amides is 1. The van der Waals surface area contributed by atoms with Crippen molar-refractivity contribution in [2.45, 2.75) is 64.1 Å². The van der Waals surface area contributed by atoms with Crippen molar-refractivity contribution < 1.29 is 13.6 Å². The monoisotopic (exact) mass is 323 g/mol. The summed E-state index contributed by atoms with van der Waals surface area (Å²) in [4.78, 5) is 18.6. The molecule has 3 atom stereocenters. The van der Waals surface area contributed by atoms with Gasteiger partial charge in [-0.2, -0.15) is 8.78 Å². The van der Waals surface area contributed by atoms with E-state index in [0.717, 1.165) is 23.3 Å². The van der Waals surface area contributed by atoms with Gasteiger partial charge in [0.05, 0.1) is 6.54 Å². The van der Waals surface area contributed by atoms with E-state index in [2.05, 4.69) is 4.98 Å². The molecule has 0 spiro atoms. The highest BCUT2D eigenvalue weighted by Gasteiger charge is 2.42. The van der Waals surface area contributed by atoms with Crippen molar-refractivity contribution in [2.75, 3.05) is 0 Å². The lowest BCUT2D eigenvalue weighted by molar-refractivity contribution is -0.134. The number of halogens is 2. The smallest absolute Gasteiger partial charge is 0.319 e. The predicted octanol–water partition coefficient (Wildman–Crippen LogP) is 3.60. The molecule has 1 aromatic heterocycles. The van der Waals surface area contributed by atoms with E-state index in [1.807, 2.05) is 0 Å². The van der Waals surface area contributed by atoms with Crippen molar-refractivity contribution in [3.05, 3.63) is 18.2 Å². The van der Waals surface area contributed by atoms with E-state index in [9.17, 15) is 13.6 Å². The highest BCUT2D eigenvalue weighted by molar-refractivity contribution is 5.77. The van der Waals surface area contributed by atoms with Gasteiger partial charge in [0, 0.05) is 24.9 Å². The van der Waals surface area contributed by atoms with Crippen LogP contribution in [0.5, 0.6) is 0 Å². The molecule has 1 heterocycles. The number of alkyl halides is 2. The van der Waals surface area contributed by atoms with Gasteiger partial charge in [-0.05, 0) is 49.9 Å².